The van der Waals surface area contributed by atoms with Gasteiger partial charge in [0, 0.05) is 33.1 Å². The van der Waals surface area contributed by atoms with Crippen molar-refractivity contribution in [3.63, 3.8) is 0 Å². The van der Waals surface area contributed by atoms with E-state index in [1.165, 1.54) is 12.5 Å². The summed E-state index contributed by atoms with van der Waals surface area (Å²) in [5, 5.41) is 14.5. The summed E-state index contributed by atoms with van der Waals surface area (Å²) < 4.78 is 10.4. The molecule has 0 fully saturated rings. The van der Waals surface area contributed by atoms with E-state index < -0.39 is 5.97 Å². The molecule has 11 heteroatoms. The number of benzene rings is 2. The minimum Gasteiger partial charge on any atom is -0.497 e. The Labute approximate surface area is 263 Å². The number of ether oxygens (including phenoxy) is 2. The van der Waals surface area contributed by atoms with Gasteiger partial charge in [-0.2, -0.15) is 0 Å². The quantitative estimate of drug-likeness (QED) is 0.261. The number of nitrogens with zero attached hydrogens (tertiary/aromatic N) is 3. The smallest absolute Gasteiger partial charge is 0.332 e. The lowest BCUT2D eigenvalue weighted by atomic mass is 10.1. The van der Waals surface area contributed by atoms with E-state index in [0.717, 1.165) is 36.4 Å². The van der Waals surface area contributed by atoms with Crippen LogP contribution in [-0.2, 0) is 27.3 Å². The number of hydrogen-bond acceptors (Lipinski definition) is 8. The first kappa shape index (κ1) is 40.0. The Morgan fingerprint density at radius 3 is 1.80 bits per heavy atom. The van der Waals surface area contributed by atoms with Crippen LogP contribution in [0.3, 0.4) is 0 Å². The summed E-state index contributed by atoms with van der Waals surface area (Å²) in [7, 11) is 7.09. The zero-order chi connectivity index (χ0) is 33.7. The number of Topliss-reactive ketones (excluding diaryl/α,β-unsaturated/α-hetero) is 1. The van der Waals surface area contributed by atoms with E-state index in [2.05, 4.69) is 22.3 Å². The van der Waals surface area contributed by atoms with E-state index in [1.54, 1.807) is 31.3 Å². The largest absolute Gasteiger partial charge is 0.497 e. The number of aliphatic carboxylic acids is 1. The molecule has 1 atom stereocenters. The van der Waals surface area contributed by atoms with Gasteiger partial charge >= 0.3 is 12.0 Å². The molecule has 246 valence electrons. The highest BCUT2D eigenvalue weighted by molar-refractivity contribution is 5.79. The van der Waals surface area contributed by atoms with Crippen molar-refractivity contribution in [1.29, 1.82) is 0 Å². The maximum Gasteiger partial charge on any atom is 0.332 e. The number of carboxylic acids is 1. The Hall–Kier alpha value is -3.96. The first-order valence-corrected chi connectivity index (χ1v) is 14.6. The van der Waals surface area contributed by atoms with Gasteiger partial charge in [0.15, 0.2) is 0 Å². The molecule has 0 aliphatic heterocycles. The molecule has 44 heavy (non-hydrogen) atoms. The van der Waals surface area contributed by atoms with Crippen LogP contribution in [0.15, 0.2) is 48.5 Å². The third kappa shape index (κ3) is 17.2. The number of ketones is 1. The molecule has 0 unspecified atom stereocenters. The van der Waals surface area contributed by atoms with E-state index in [-0.39, 0.29) is 24.4 Å². The molecule has 0 heterocycles. The fourth-order valence-corrected chi connectivity index (χ4v) is 4.24. The summed E-state index contributed by atoms with van der Waals surface area (Å²) in [6.07, 6.45) is 1.98. The predicted molar refractivity (Wildman–Crippen MR) is 173 cm³/mol. The van der Waals surface area contributed by atoms with Crippen molar-refractivity contribution in [2.45, 2.75) is 59.5 Å². The number of rotatable bonds is 16. The van der Waals surface area contributed by atoms with Crippen molar-refractivity contribution in [3.8, 4) is 11.5 Å². The number of amides is 2. The third-order valence-corrected chi connectivity index (χ3v) is 6.50. The lowest BCUT2D eigenvalue weighted by Gasteiger charge is -2.37. The number of hydrogen-bond donors (Lipinski definition) is 2. The summed E-state index contributed by atoms with van der Waals surface area (Å²) in [5.74, 6) is 1.42. The van der Waals surface area contributed by atoms with Crippen LogP contribution < -0.4 is 14.8 Å². The molecule has 2 amide bonds. The molecule has 0 saturated heterocycles. The monoisotopic (exact) mass is 616 g/mol. The number of carbonyl (C=O) groups excluding carboxylic acids is 3. The van der Waals surface area contributed by atoms with Crippen molar-refractivity contribution in [2.75, 3.05) is 47.9 Å². The average Bonchev–Trinajstić information content (AvgIpc) is 2.99. The Bertz CT molecular complexity index is 1090. The van der Waals surface area contributed by atoms with Gasteiger partial charge in [0.05, 0.1) is 26.8 Å². The Morgan fingerprint density at radius 2 is 1.39 bits per heavy atom. The molecule has 2 aromatic rings. The van der Waals surface area contributed by atoms with Crippen LogP contribution in [-0.4, -0.2) is 98.6 Å². The number of carboxylic acid groups (broad SMARTS) is 1. The van der Waals surface area contributed by atoms with Crippen molar-refractivity contribution in [3.05, 3.63) is 59.7 Å². The van der Waals surface area contributed by atoms with Crippen molar-refractivity contribution in [2.24, 2.45) is 5.92 Å². The van der Waals surface area contributed by atoms with Crippen LogP contribution in [0.25, 0.3) is 0 Å². The van der Waals surface area contributed by atoms with E-state index in [1.807, 2.05) is 71.0 Å². The van der Waals surface area contributed by atoms with Gasteiger partial charge in [0.25, 0.3) is 0 Å². The normalized spacial score (nSPS) is 11.1. The zero-order valence-electron chi connectivity index (χ0n) is 27.7. The Balaban J connectivity index is 0.00000160. The molecule has 0 spiro atoms. The van der Waals surface area contributed by atoms with E-state index in [0.29, 0.717) is 25.4 Å². The number of urea groups is 1. The number of nitrogens with one attached hydrogen (secondary N) is 1. The minimum absolute atomic E-state index is 0.00415. The van der Waals surface area contributed by atoms with Crippen LogP contribution in [0.5, 0.6) is 11.5 Å². The summed E-state index contributed by atoms with van der Waals surface area (Å²) in [4.78, 5) is 45.0. The fraction of sp³-hybridized carbons (Fsp3) is 0.515. The molecule has 0 bridgehead atoms. The first-order valence-electron chi connectivity index (χ1n) is 14.6. The predicted octanol–water partition coefficient (Wildman–Crippen LogP) is 4.54. The zero-order valence-corrected chi connectivity index (χ0v) is 27.7. The van der Waals surface area contributed by atoms with Gasteiger partial charge in [-0.25, -0.2) is 9.80 Å². The standard InChI is InChI=1S/C26H38N4O4.C6H12O2.CH2O/c1-20(18-28(3)16-15-22-7-11-24(33-5)12-8-22)30(29(4)19-21(2)31)26(32)27-17-23-9-13-25(34-6)14-10-23;1-5(2)3-4-6(7)8;1-2/h7-14,20H,15-19H2,1-6H3,(H,27,32);5H,3-4H2,1-2H3,(H,7,8);1H2/t20-;;/m1../s1. The first-order chi connectivity index (χ1) is 20.9. The van der Waals surface area contributed by atoms with Gasteiger partial charge in [-0.15, -0.1) is 0 Å². The number of hydrazine groups is 1. The third-order valence-electron chi connectivity index (χ3n) is 6.50. The number of carbonyl (C=O) groups is 4. The van der Waals surface area contributed by atoms with Crippen molar-refractivity contribution >= 4 is 24.6 Å². The summed E-state index contributed by atoms with van der Waals surface area (Å²) in [6, 6.07) is 15.2. The van der Waals surface area contributed by atoms with E-state index in [9.17, 15) is 14.4 Å². The molecule has 0 saturated carbocycles. The Morgan fingerprint density at radius 1 is 0.886 bits per heavy atom. The minimum atomic E-state index is -0.696. The maximum atomic E-state index is 13.1. The molecule has 0 aromatic heterocycles. The van der Waals surface area contributed by atoms with Gasteiger partial charge in [0.2, 0.25) is 0 Å². The van der Waals surface area contributed by atoms with E-state index >= 15 is 0 Å². The summed E-state index contributed by atoms with van der Waals surface area (Å²) >= 11 is 0. The lowest BCUT2D eigenvalue weighted by Crippen LogP contribution is -2.56. The lowest BCUT2D eigenvalue weighted by molar-refractivity contribution is -0.137. The van der Waals surface area contributed by atoms with Crippen molar-refractivity contribution < 1.29 is 33.8 Å². The second kappa shape index (κ2) is 22.6. The average molecular weight is 617 g/mol. The van der Waals surface area contributed by atoms with Gasteiger partial charge in [-0.3, -0.25) is 14.6 Å². The van der Waals surface area contributed by atoms with Crippen LogP contribution in [0.4, 0.5) is 4.79 Å². The molecule has 0 aliphatic carbocycles. The summed E-state index contributed by atoms with van der Waals surface area (Å²) in [5.41, 5.74) is 2.19. The van der Waals surface area contributed by atoms with Gasteiger partial charge < -0.3 is 29.6 Å². The van der Waals surface area contributed by atoms with Gasteiger partial charge in [-0.1, -0.05) is 38.1 Å². The molecule has 2 N–H and O–H groups in total. The van der Waals surface area contributed by atoms with E-state index in [4.69, 9.17) is 19.4 Å². The molecule has 2 rings (SSSR count). The Kier molecular flexibility index (Phi) is 20.5. The highest BCUT2D eigenvalue weighted by Crippen LogP contribution is 2.14. The fourth-order valence-electron chi connectivity index (χ4n) is 4.24. The molecule has 11 nitrogen and oxygen atoms in total. The van der Waals surface area contributed by atoms with Crippen LogP contribution in [0.2, 0.25) is 0 Å². The van der Waals surface area contributed by atoms with Crippen LogP contribution in [0.1, 0.15) is 51.7 Å². The van der Waals surface area contributed by atoms with Crippen LogP contribution in [0, 0.1) is 5.92 Å². The van der Waals surface area contributed by atoms with Crippen molar-refractivity contribution in [1.82, 2.24) is 20.2 Å². The molecule has 2 aromatic carbocycles. The topological polar surface area (TPSA) is 129 Å². The second-order valence-electron chi connectivity index (χ2n) is 10.9. The maximum absolute atomic E-state index is 13.1. The highest BCUT2D eigenvalue weighted by atomic mass is 16.5. The second-order valence-corrected chi connectivity index (χ2v) is 10.9. The SMILES string of the molecule is C=O.CC(C)CCC(=O)O.COc1ccc(CCN(C)C[C@@H](C)N(C(=O)NCc2ccc(OC)cc2)N(C)CC(C)=O)cc1. The highest BCUT2D eigenvalue weighted by Gasteiger charge is 2.26. The van der Waals surface area contributed by atoms with Gasteiger partial charge in [-0.05, 0) is 75.0 Å². The van der Waals surface area contributed by atoms with Crippen LogP contribution >= 0.6 is 0 Å². The number of methoxy groups -OCH3 is 2. The molecule has 0 aliphatic rings. The molecular formula is C33H52N4O7. The molecular weight excluding hydrogens is 564 g/mol. The number of likely N-dealkylation sites (N-methyl/N-ethyl adjacent to an activating group) is 2. The summed E-state index contributed by atoms with van der Waals surface area (Å²) in [6.45, 7) is 11.6. The molecule has 0 radical (unpaired) electrons. The van der Waals surface area contributed by atoms with Gasteiger partial charge in [0.1, 0.15) is 24.1 Å².